The number of aliphatic carboxylic acids is 1. The summed E-state index contributed by atoms with van der Waals surface area (Å²) >= 11 is 0. The van der Waals surface area contributed by atoms with Gasteiger partial charge in [0.2, 0.25) is 0 Å². The van der Waals surface area contributed by atoms with Gasteiger partial charge in [-0.2, -0.15) is 0 Å². The van der Waals surface area contributed by atoms with Gasteiger partial charge < -0.3 is 20.4 Å². The van der Waals surface area contributed by atoms with Crippen LogP contribution in [0.1, 0.15) is 46.5 Å². The molecule has 1 saturated heterocycles. The van der Waals surface area contributed by atoms with Gasteiger partial charge in [0, 0.05) is 19.0 Å². The van der Waals surface area contributed by atoms with Crippen molar-refractivity contribution in [2.45, 2.75) is 64.6 Å². The lowest BCUT2D eigenvalue weighted by Gasteiger charge is -2.24. The molecule has 0 bridgehead atoms. The van der Waals surface area contributed by atoms with Gasteiger partial charge in [-0.3, -0.25) is 0 Å². The lowest BCUT2D eigenvalue weighted by atomic mass is 10.0. The molecule has 0 aliphatic carbocycles. The highest BCUT2D eigenvalue weighted by atomic mass is 16.4. The molecule has 1 heterocycles. The van der Waals surface area contributed by atoms with Gasteiger partial charge >= 0.3 is 12.0 Å². The number of nitrogens with one attached hydrogen (secondary N) is 1. The standard InChI is InChI=1S/C14H26N2O4/c1-9(2)5-4-6-10(3)15-14(20)16-8-11(17)7-12(16)13(18)19/h9-12,17H,4-8H2,1-3H3,(H,15,20)(H,18,19)/t10?,11-,12+/m1/s1. The summed E-state index contributed by atoms with van der Waals surface area (Å²) in [6.07, 6.45) is 2.37. The van der Waals surface area contributed by atoms with E-state index in [9.17, 15) is 14.7 Å². The molecule has 0 radical (unpaired) electrons. The van der Waals surface area contributed by atoms with Crippen molar-refractivity contribution in [3.63, 3.8) is 0 Å². The average Bonchev–Trinajstić information content (AvgIpc) is 2.71. The summed E-state index contributed by atoms with van der Waals surface area (Å²) in [4.78, 5) is 24.3. The third-order valence-corrected chi connectivity index (χ3v) is 3.61. The van der Waals surface area contributed by atoms with Crippen molar-refractivity contribution in [2.24, 2.45) is 5.92 Å². The van der Waals surface area contributed by atoms with Gasteiger partial charge in [-0.1, -0.05) is 26.7 Å². The van der Waals surface area contributed by atoms with Gasteiger partial charge in [0.1, 0.15) is 6.04 Å². The number of aliphatic hydroxyl groups is 1. The number of carboxylic acid groups (broad SMARTS) is 1. The number of carbonyl (C=O) groups is 2. The largest absolute Gasteiger partial charge is 0.480 e. The van der Waals surface area contributed by atoms with E-state index in [2.05, 4.69) is 19.2 Å². The number of hydrogen-bond donors (Lipinski definition) is 3. The van der Waals surface area contributed by atoms with Crippen molar-refractivity contribution in [1.29, 1.82) is 0 Å². The van der Waals surface area contributed by atoms with Crippen LogP contribution in [0, 0.1) is 5.92 Å². The van der Waals surface area contributed by atoms with E-state index in [1.54, 1.807) is 0 Å². The van der Waals surface area contributed by atoms with Crippen LogP contribution in [0.15, 0.2) is 0 Å². The molecule has 1 aliphatic heterocycles. The zero-order valence-electron chi connectivity index (χ0n) is 12.5. The highest BCUT2D eigenvalue weighted by Crippen LogP contribution is 2.18. The SMILES string of the molecule is CC(C)CCCC(C)NC(=O)N1C[C@H](O)C[C@H]1C(=O)O. The summed E-state index contributed by atoms with van der Waals surface area (Å²) in [6, 6.07) is -1.31. The second-order valence-electron chi connectivity index (χ2n) is 6.07. The van der Waals surface area contributed by atoms with Gasteiger partial charge in [-0.15, -0.1) is 0 Å². The van der Waals surface area contributed by atoms with E-state index in [-0.39, 0.29) is 19.0 Å². The van der Waals surface area contributed by atoms with Gasteiger partial charge in [0.05, 0.1) is 6.10 Å². The quantitative estimate of drug-likeness (QED) is 0.689. The maximum absolute atomic E-state index is 12.1. The Morgan fingerprint density at radius 2 is 1.95 bits per heavy atom. The molecule has 0 aromatic rings. The number of β-amino-alcohol motifs (C(OH)–C–C–N with tert-alkyl or cyclic N) is 1. The normalized spacial score (nSPS) is 23.9. The molecule has 6 heteroatoms. The Balaban J connectivity index is 2.43. The molecule has 116 valence electrons. The lowest BCUT2D eigenvalue weighted by molar-refractivity contribution is -0.141. The fourth-order valence-electron chi connectivity index (χ4n) is 2.47. The smallest absolute Gasteiger partial charge is 0.326 e. The van der Waals surface area contributed by atoms with Crippen LogP contribution in [0.3, 0.4) is 0 Å². The number of rotatable bonds is 6. The van der Waals surface area contributed by atoms with E-state index < -0.39 is 24.1 Å². The van der Waals surface area contributed by atoms with Crippen LogP contribution in [0.4, 0.5) is 4.79 Å². The summed E-state index contributed by atoms with van der Waals surface area (Å²) in [5.41, 5.74) is 0. The zero-order valence-corrected chi connectivity index (χ0v) is 12.5. The van der Waals surface area contributed by atoms with E-state index >= 15 is 0 Å². The topological polar surface area (TPSA) is 89.9 Å². The molecule has 1 aliphatic rings. The molecule has 0 aromatic heterocycles. The van der Waals surface area contributed by atoms with Crippen LogP contribution in [-0.2, 0) is 4.79 Å². The first kappa shape index (κ1) is 16.8. The molecule has 1 fully saturated rings. The second-order valence-corrected chi connectivity index (χ2v) is 6.07. The van der Waals surface area contributed by atoms with Crippen LogP contribution >= 0.6 is 0 Å². The second kappa shape index (κ2) is 7.47. The molecule has 0 aromatic carbocycles. The van der Waals surface area contributed by atoms with Gasteiger partial charge in [0.15, 0.2) is 0 Å². The zero-order chi connectivity index (χ0) is 15.3. The van der Waals surface area contributed by atoms with Crippen molar-refractivity contribution >= 4 is 12.0 Å². The number of amides is 2. The average molecular weight is 286 g/mol. The number of carboxylic acids is 1. The Morgan fingerprint density at radius 1 is 1.30 bits per heavy atom. The molecule has 3 N–H and O–H groups in total. The first-order valence-corrected chi connectivity index (χ1v) is 7.29. The van der Waals surface area contributed by atoms with Crippen molar-refractivity contribution in [2.75, 3.05) is 6.54 Å². The minimum absolute atomic E-state index is 0.00781. The number of carbonyl (C=O) groups excluding carboxylic acids is 1. The molecule has 2 amide bonds. The molecule has 0 saturated carbocycles. The molecule has 20 heavy (non-hydrogen) atoms. The summed E-state index contributed by atoms with van der Waals surface area (Å²) < 4.78 is 0. The number of likely N-dealkylation sites (tertiary alicyclic amines) is 1. The van der Waals surface area contributed by atoms with Crippen molar-refractivity contribution in [1.82, 2.24) is 10.2 Å². The number of urea groups is 1. The molecule has 1 unspecified atom stereocenters. The minimum Gasteiger partial charge on any atom is -0.480 e. The first-order valence-electron chi connectivity index (χ1n) is 7.29. The summed E-state index contributed by atoms with van der Waals surface area (Å²) in [6.45, 7) is 6.32. The maximum Gasteiger partial charge on any atom is 0.326 e. The molecular formula is C14H26N2O4. The number of nitrogens with zero attached hydrogens (tertiary/aromatic N) is 1. The monoisotopic (exact) mass is 286 g/mol. The van der Waals surface area contributed by atoms with Crippen LogP contribution in [-0.4, -0.2) is 51.8 Å². The molecule has 3 atom stereocenters. The van der Waals surface area contributed by atoms with E-state index in [0.717, 1.165) is 19.3 Å². The number of hydrogen-bond acceptors (Lipinski definition) is 3. The van der Waals surface area contributed by atoms with E-state index in [1.807, 2.05) is 6.92 Å². The fourth-order valence-corrected chi connectivity index (χ4v) is 2.47. The molecule has 0 spiro atoms. The minimum atomic E-state index is -1.07. The Morgan fingerprint density at radius 3 is 2.50 bits per heavy atom. The summed E-state index contributed by atoms with van der Waals surface area (Å²) in [5, 5.41) is 21.4. The Hall–Kier alpha value is -1.30. The van der Waals surface area contributed by atoms with E-state index in [1.165, 1.54) is 4.90 Å². The summed E-state index contributed by atoms with van der Waals surface area (Å²) in [5.74, 6) is -0.424. The highest BCUT2D eigenvalue weighted by molar-refractivity contribution is 5.83. The van der Waals surface area contributed by atoms with Gasteiger partial charge in [-0.05, 0) is 19.3 Å². The fraction of sp³-hybridized carbons (Fsp3) is 0.857. The van der Waals surface area contributed by atoms with Gasteiger partial charge in [0.25, 0.3) is 0 Å². The van der Waals surface area contributed by atoms with Crippen LogP contribution < -0.4 is 5.32 Å². The van der Waals surface area contributed by atoms with Crippen molar-refractivity contribution in [3.8, 4) is 0 Å². The Labute approximate surface area is 120 Å². The van der Waals surface area contributed by atoms with Crippen molar-refractivity contribution in [3.05, 3.63) is 0 Å². The lowest BCUT2D eigenvalue weighted by Crippen LogP contribution is -2.48. The predicted molar refractivity (Wildman–Crippen MR) is 75.4 cm³/mol. The van der Waals surface area contributed by atoms with Crippen molar-refractivity contribution < 1.29 is 19.8 Å². The predicted octanol–water partition coefficient (Wildman–Crippen LogP) is 1.43. The van der Waals surface area contributed by atoms with Gasteiger partial charge in [-0.25, -0.2) is 9.59 Å². The Kier molecular flexibility index (Phi) is 6.26. The third-order valence-electron chi connectivity index (χ3n) is 3.61. The maximum atomic E-state index is 12.1. The third kappa shape index (κ3) is 5.00. The van der Waals surface area contributed by atoms with Crippen LogP contribution in [0.25, 0.3) is 0 Å². The molecular weight excluding hydrogens is 260 g/mol. The summed E-state index contributed by atoms with van der Waals surface area (Å²) in [7, 11) is 0. The highest BCUT2D eigenvalue weighted by Gasteiger charge is 2.39. The first-order chi connectivity index (χ1) is 9.31. The molecule has 6 nitrogen and oxygen atoms in total. The number of aliphatic hydroxyl groups excluding tert-OH is 1. The van der Waals surface area contributed by atoms with Crippen LogP contribution in [0.5, 0.6) is 0 Å². The van der Waals surface area contributed by atoms with Crippen LogP contribution in [0.2, 0.25) is 0 Å². The van der Waals surface area contributed by atoms with E-state index in [0.29, 0.717) is 5.92 Å². The van der Waals surface area contributed by atoms with E-state index in [4.69, 9.17) is 5.11 Å². The Bertz CT molecular complexity index is 346. The molecule has 1 rings (SSSR count).